The van der Waals surface area contributed by atoms with Gasteiger partial charge in [0.1, 0.15) is 0 Å². The zero-order valence-electron chi connectivity index (χ0n) is 11.4. The molecule has 94 valence electrons. The molecule has 0 aromatic carbocycles. The Morgan fingerprint density at radius 3 is 2.44 bits per heavy atom. The fraction of sp³-hybridized carbons (Fsp3) is 1.00. The van der Waals surface area contributed by atoms with Gasteiger partial charge in [0.15, 0.2) is 0 Å². The highest BCUT2D eigenvalue weighted by Crippen LogP contribution is 2.35. The average Bonchev–Trinajstić information content (AvgIpc) is 2.63. The van der Waals surface area contributed by atoms with Crippen molar-refractivity contribution in [3.8, 4) is 0 Å². The minimum atomic E-state index is 0.708. The Morgan fingerprint density at radius 1 is 1.12 bits per heavy atom. The monoisotopic (exact) mass is 224 g/mol. The number of nitrogens with zero attached hydrogens (tertiary/aromatic N) is 1. The second kappa shape index (κ2) is 5.05. The lowest BCUT2D eigenvalue weighted by molar-refractivity contribution is 0.0596. The van der Waals surface area contributed by atoms with Gasteiger partial charge < -0.3 is 5.32 Å². The summed E-state index contributed by atoms with van der Waals surface area (Å²) in [6.45, 7) is 8.59. The molecule has 1 aliphatic heterocycles. The van der Waals surface area contributed by atoms with Crippen molar-refractivity contribution in [2.45, 2.75) is 64.6 Å². The molecular weight excluding hydrogens is 196 g/mol. The third-order valence-electron chi connectivity index (χ3n) is 4.78. The molecule has 0 amide bonds. The van der Waals surface area contributed by atoms with Crippen molar-refractivity contribution in [1.82, 2.24) is 10.2 Å². The zero-order chi connectivity index (χ0) is 11.7. The van der Waals surface area contributed by atoms with E-state index in [2.05, 4.69) is 38.0 Å². The molecule has 0 aromatic rings. The molecule has 2 nitrogen and oxygen atoms in total. The molecule has 16 heavy (non-hydrogen) atoms. The fourth-order valence-electron chi connectivity index (χ4n) is 4.08. The van der Waals surface area contributed by atoms with E-state index in [9.17, 15) is 0 Å². The van der Waals surface area contributed by atoms with Crippen LogP contribution in [-0.2, 0) is 0 Å². The lowest BCUT2D eigenvalue weighted by Crippen LogP contribution is -2.56. The van der Waals surface area contributed by atoms with Gasteiger partial charge in [0.05, 0.1) is 0 Å². The Labute approximate surface area is 101 Å². The van der Waals surface area contributed by atoms with Crippen LogP contribution in [0.25, 0.3) is 0 Å². The summed E-state index contributed by atoms with van der Waals surface area (Å²) < 4.78 is 0. The summed E-state index contributed by atoms with van der Waals surface area (Å²) in [6, 6.07) is 2.29. The van der Waals surface area contributed by atoms with Crippen LogP contribution in [-0.4, -0.2) is 36.6 Å². The first-order chi connectivity index (χ1) is 7.63. The van der Waals surface area contributed by atoms with E-state index >= 15 is 0 Å². The summed E-state index contributed by atoms with van der Waals surface area (Å²) in [5.41, 5.74) is 0. The predicted molar refractivity (Wildman–Crippen MR) is 69.6 cm³/mol. The molecule has 1 N–H and O–H groups in total. The fourth-order valence-corrected chi connectivity index (χ4v) is 4.08. The molecule has 1 saturated carbocycles. The molecule has 2 heteroatoms. The Balaban J connectivity index is 2.09. The molecule has 1 heterocycles. The van der Waals surface area contributed by atoms with Crippen molar-refractivity contribution in [2.24, 2.45) is 11.8 Å². The number of hydrogen-bond acceptors (Lipinski definition) is 2. The van der Waals surface area contributed by atoms with Crippen molar-refractivity contribution in [2.75, 3.05) is 13.6 Å². The van der Waals surface area contributed by atoms with E-state index in [4.69, 9.17) is 0 Å². The molecule has 2 aliphatic rings. The largest absolute Gasteiger partial charge is 0.315 e. The van der Waals surface area contributed by atoms with Gasteiger partial charge in [-0.25, -0.2) is 0 Å². The third kappa shape index (κ3) is 2.28. The minimum absolute atomic E-state index is 0.708. The van der Waals surface area contributed by atoms with Gasteiger partial charge in [-0.3, -0.25) is 4.90 Å². The number of likely N-dealkylation sites (N-methyl/N-ethyl adjacent to an activating group) is 1. The van der Waals surface area contributed by atoms with Crippen LogP contribution in [0, 0.1) is 11.8 Å². The summed E-state index contributed by atoms with van der Waals surface area (Å²) >= 11 is 0. The van der Waals surface area contributed by atoms with Crippen molar-refractivity contribution >= 4 is 0 Å². The van der Waals surface area contributed by atoms with Gasteiger partial charge in [0.25, 0.3) is 0 Å². The molecule has 0 spiro atoms. The Hall–Kier alpha value is -0.0800. The number of hydrogen-bond donors (Lipinski definition) is 1. The van der Waals surface area contributed by atoms with Crippen molar-refractivity contribution in [3.05, 3.63) is 0 Å². The molecule has 0 radical (unpaired) electrons. The average molecular weight is 224 g/mol. The standard InChI is InChI=1S/C14H28N2/c1-10-8-11(2)14(13(9-10)15-4)16-7-5-6-12(16)3/h10-15H,5-9H2,1-4H3. The van der Waals surface area contributed by atoms with Crippen LogP contribution in [0.15, 0.2) is 0 Å². The highest BCUT2D eigenvalue weighted by atomic mass is 15.2. The van der Waals surface area contributed by atoms with Crippen LogP contribution in [0.2, 0.25) is 0 Å². The van der Waals surface area contributed by atoms with Gasteiger partial charge in [0.2, 0.25) is 0 Å². The third-order valence-corrected chi connectivity index (χ3v) is 4.78. The van der Waals surface area contributed by atoms with E-state index in [-0.39, 0.29) is 0 Å². The quantitative estimate of drug-likeness (QED) is 0.775. The predicted octanol–water partition coefficient (Wildman–Crippen LogP) is 2.49. The highest BCUT2D eigenvalue weighted by molar-refractivity contribution is 4.96. The first kappa shape index (κ1) is 12.4. The van der Waals surface area contributed by atoms with Gasteiger partial charge >= 0.3 is 0 Å². The molecule has 1 saturated heterocycles. The minimum Gasteiger partial charge on any atom is -0.315 e. The summed E-state index contributed by atoms with van der Waals surface area (Å²) in [5, 5.41) is 3.57. The molecule has 5 atom stereocenters. The van der Waals surface area contributed by atoms with Crippen LogP contribution in [0.3, 0.4) is 0 Å². The van der Waals surface area contributed by atoms with E-state index in [1.807, 2.05) is 0 Å². The maximum Gasteiger partial charge on any atom is 0.0277 e. The smallest absolute Gasteiger partial charge is 0.0277 e. The molecule has 2 rings (SSSR count). The molecule has 2 fully saturated rings. The van der Waals surface area contributed by atoms with Gasteiger partial charge in [0, 0.05) is 18.1 Å². The van der Waals surface area contributed by atoms with Crippen LogP contribution >= 0.6 is 0 Å². The van der Waals surface area contributed by atoms with E-state index < -0.39 is 0 Å². The second-order valence-corrected chi connectivity index (χ2v) is 6.17. The van der Waals surface area contributed by atoms with Gasteiger partial charge in [-0.1, -0.05) is 13.8 Å². The van der Waals surface area contributed by atoms with E-state index in [0.717, 1.165) is 23.9 Å². The Bertz CT molecular complexity index is 229. The molecule has 1 aliphatic carbocycles. The first-order valence-electron chi connectivity index (χ1n) is 7.06. The Kier molecular flexibility index (Phi) is 3.91. The van der Waals surface area contributed by atoms with Gasteiger partial charge in [-0.15, -0.1) is 0 Å². The van der Waals surface area contributed by atoms with Crippen LogP contribution in [0.5, 0.6) is 0 Å². The molecule has 5 unspecified atom stereocenters. The van der Waals surface area contributed by atoms with E-state index in [1.54, 1.807) is 0 Å². The van der Waals surface area contributed by atoms with Crippen molar-refractivity contribution in [1.29, 1.82) is 0 Å². The molecule has 0 bridgehead atoms. The van der Waals surface area contributed by atoms with Crippen LogP contribution in [0.4, 0.5) is 0 Å². The van der Waals surface area contributed by atoms with Crippen LogP contribution < -0.4 is 5.32 Å². The summed E-state index contributed by atoms with van der Waals surface area (Å²) in [7, 11) is 2.14. The van der Waals surface area contributed by atoms with E-state index in [1.165, 1.54) is 32.2 Å². The SMILES string of the molecule is CNC1CC(C)CC(C)C1N1CCCC1C. The van der Waals surface area contributed by atoms with Gasteiger partial charge in [-0.05, 0) is 58.0 Å². The Morgan fingerprint density at radius 2 is 1.88 bits per heavy atom. The highest BCUT2D eigenvalue weighted by Gasteiger charge is 2.39. The van der Waals surface area contributed by atoms with Gasteiger partial charge in [-0.2, -0.15) is 0 Å². The molecule has 0 aromatic heterocycles. The van der Waals surface area contributed by atoms with Crippen LogP contribution in [0.1, 0.15) is 46.5 Å². The lowest BCUT2D eigenvalue weighted by Gasteiger charge is -2.46. The normalized spacial score (nSPS) is 46.1. The lowest BCUT2D eigenvalue weighted by atomic mass is 9.75. The summed E-state index contributed by atoms with van der Waals surface area (Å²) in [6.07, 6.45) is 5.56. The summed E-state index contributed by atoms with van der Waals surface area (Å²) in [4.78, 5) is 2.78. The van der Waals surface area contributed by atoms with E-state index in [0.29, 0.717) is 6.04 Å². The van der Waals surface area contributed by atoms with Crippen molar-refractivity contribution in [3.63, 3.8) is 0 Å². The number of rotatable bonds is 2. The summed E-state index contributed by atoms with van der Waals surface area (Å²) in [5.74, 6) is 1.74. The number of nitrogens with one attached hydrogen (secondary N) is 1. The maximum atomic E-state index is 3.57. The second-order valence-electron chi connectivity index (χ2n) is 6.17. The number of likely N-dealkylation sites (tertiary alicyclic amines) is 1. The van der Waals surface area contributed by atoms with Crippen molar-refractivity contribution < 1.29 is 0 Å². The topological polar surface area (TPSA) is 15.3 Å². The zero-order valence-corrected chi connectivity index (χ0v) is 11.4. The maximum absolute atomic E-state index is 3.57. The molecular formula is C14H28N2. The first-order valence-corrected chi connectivity index (χ1v) is 7.06.